The average molecular weight is 197 g/mol. The zero-order valence-electron chi connectivity index (χ0n) is 7.63. The fourth-order valence-corrected chi connectivity index (χ4v) is 1.61. The van der Waals surface area contributed by atoms with Gasteiger partial charge in [0.2, 0.25) is 0 Å². The molecule has 6 heteroatoms. The molecule has 1 saturated heterocycles. The Morgan fingerprint density at radius 2 is 2.50 bits per heavy atom. The zero-order chi connectivity index (χ0) is 9.97. The fraction of sp³-hybridized carbons (Fsp3) is 0.625. The molecular formula is C8H11N3O3. The lowest BCUT2D eigenvalue weighted by Crippen LogP contribution is -2.18. The van der Waals surface area contributed by atoms with E-state index in [1.54, 1.807) is 6.20 Å². The highest BCUT2D eigenvalue weighted by Crippen LogP contribution is 2.25. The van der Waals surface area contributed by atoms with Gasteiger partial charge in [0.25, 0.3) is 0 Å². The summed E-state index contributed by atoms with van der Waals surface area (Å²) in [6.07, 6.45) is 5.69. The molecule has 6 nitrogen and oxygen atoms in total. The molecule has 1 aromatic heterocycles. The molecular weight excluding hydrogens is 186 g/mol. The van der Waals surface area contributed by atoms with Crippen LogP contribution in [0.1, 0.15) is 25.5 Å². The topological polar surface area (TPSA) is 70.2 Å². The minimum Gasteiger partial charge on any atom is -0.390 e. The molecule has 1 aliphatic heterocycles. The van der Waals surface area contributed by atoms with Gasteiger partial charge in [-0.2, -0.15) is 0 Å². The molecule has 0 saturated carbocycles. The summed E-state index contributed by atoms with van der Waals surface area (Å²) >= 11 is 0. The molecule has 0 N–H and O–H groups in total. The van der Waals surface area contributed by atoms with Crippen molar-refractivity contribution in [1.29, 1.82) is 0 Å². The molecule has 2 heterocycles. The number of hydrogen-bond donors (Lipinski definition) is 0. The molecule has 0 bridgehead atoms. The van der Waals surface area contributed by atoms with Crippen molar-refractivity contribution in [2.75, 3.05) is 6.61 Å². The van der Waals surface area contributed by atoms with E-state index in [2.05, 4.69) is 4.98 Å². The minimum absolute atomic E-state index is 0.142. The maximum Gasteiger partial charge on any atom is 0.436 e. The van der Waals surface area contributed by atoms with Crippen LogP contribution in [0.5, 0.6) is 0 Å². The van der Waals surface area contributed by atoms with Crippen LogP contribution in [0.4, 0.5) is 5.95 Å². The van der Waals surface area contributed by atoms with E-state index in [1.165, 1.54) is 10.8 Å². The van der Waals surface area contributed by atoms with Gasteiger partial charge in [0.15, 0.2) is 6.23 Å². The summed E-state index contributed by atoms with van der Waals surface area (Å²) in [7, 11) is 0. The van der Waals surface area contributed by atoms with E-state index in [-0.39, 0.29) is 12.2 Å². The number of hydrogen-bond acceptors (Lipinski definition) is 4. The predicted molar refractivity (Wildman–Crippen MR) is 47.7 cm³/mol. The lowest BCUT2D eigenvalue weighted by atomic mass is 10.2. The van der Waals surface area contributed by atoms with Crippen molar-refractivity contribution in [3.8, 4) is 0 Å². The normalized spacial score (nSPS) is 22.1. The number of rotatable bonds is 2. The zero-order valence-corrected chi connectivity index (χ0v) is 7.63. The van der Waals surface area contributed by atoms with Crippen LogP contribution in [0.15, 0.2) is 12.4 Å². The molecule has 1 aliphatic rings. The van der Waals surface area contributed by atoms with Crippen LogP contribution >= 0.6 is 0 Å². The summed E-state index contributed by atoms with van der Waals surface area (Å²) in [6.45, 7) is 0.667. The maximum absolute atomic E-state index is 10.6. The smallest absolute Gasteiger partial charge is 0.390 e. The van der Waals surface area contributed by atoms with Crippen LogP contribution < -0.4 is 0 Å². The van der Waals surface area contributed by atoms with E-state index in [0.717, 1.165) is 19.3 Å². The maximum atomic E-state index is 10.6. The quantitative estimate of drug-likeness (QED) is 0.532. The Morgan fingerprint density at radius 1 is 1.64 bits per heavy atom. The Morgan fingerprint density at radius 3 is 3.14 bits per heavy atom. The average Bonchev–Trinajstić information content (AvgIpc) is 2.67. The molecule has 76 valence electrons. The van der Waals surface area contributed by atoms with Crippen LogP contribution in [0, 0.1) is 10.1 Å². The number of imidazole rings is 1. The van der Waals surface area contributed by atoms with Crippen molar-refractivity contribution in [1.82, 2.24) is 9.55 Å². The van der Waals surface area contributed by atoms with Crippen molar-refractivity contribution in [3.05, 3.63) is 22.5 Å². The van der Waals surface area contributed by atoms with Gasteiger partial charge in [-0.1, -0.05) is 4.98 Å². The van der Waals surface area contributed by atoms with Gasteiger partial charge >= 0.3 is 5.95 Å². The molecule has 1 unspecified atom stereocenters. The highest BCUT2D eigenvalue weighted by Gasteiger charge is 2.25. The molecule has 0 aromatic carbocycles. The van der Waals surface area contributed by atoms with Crippen molar-refractivity contribution < 1.29 is 9.66 Å². The Balaban J connectivity index is 2.21. The molecule has 0 amide bonds. The molecule has 1 fully saturated rings. The summed E-state index contributed by atoms with van der Waals surface area (Å²) in [4.78, 5) is 13.8. The van der Waals surface area contributed by atoms with E-state index in [0.29, 0.717) is 6.61 Å². The summed E-state index contributed by atoms with van der Waals surface area (Å²) < 4.78 is 6.92. The van der Waals surface area contributed by atoms with Gasteiger partial charge in [-0.15, -0.1) is 0 Å². The second kappa shape index (κ2) is 3.75. The van der Waals surface area contributed by atoms with E-state index < -0.39 is 4.92 Å². The lowest BCUT2D eigenvalue weighted by molar-refractivity contribution is -0.398. The first-order valence-electron chi connectivity index (χ1n) is 4.58. The minimum atomic E-state index is -0.488. The van der Waals surface area contributed by atoms with Gasteiger partial charge < -0.3 is 14.9 Å². The van der Waals surface area contributed by atoms with Gasteiger partial charge in [-0.05, 0) is 17.8 Å². The van der Waals surface area contributed by atoms with E-state index in [9.17, 15) is 10.1 Å². The number of aromatic nitrogens is 2. The Labute approximate surface area is 80.7 Å². The molecule has 1 atom stereocenters. The Kier molecular flexibility index (Phi) is 2.45. The van der Waals surface area contributed by atoms with Crippen LogP contribution in [0.25, 0.3) is 0 Å². The monoisotopic (exact) mass is 197 g/mol. The first-order chi connectivity index (χ1) is 6.79. The lowest BCUT2D eigenvalue weighted by Gasteiger charge is -2.20. The molecule has 0 radical (unpaired) electrons. The van der Waals surface area contributed by atoms with Gasteiger partial charge in [-0.3, -0.25) is 0 Å². The summed E-state index contributed by atoms with van der Waals surface area (Å²) in [5.74, 6) is -0.142. The van der Waals surface area contributed by atoms with Crippen molar-refractivity contribution in [3.63, 3.8) is 0 Å². The van der Waals surface area contributed by atoms with Gasteiger partial charge in [-0.25, -0.2) is 4.57 Å². The summed E-state index contributed by atoms with van der Waals surface area (Å²) in [5.41, 5.74) is 0. The molecule has 0 spiro atoms. The highest BCUT2D eigenvalue weighted by molar-refractivity contribution is 5.07. The number of ether oxygens (including phenoxy) is 1. The first-order valence-corrected chi connectivity index (χ1v) is 4.58. The van der Waals surface area contributed by atoms with Crippen LogP contribution in [0.2, 0.25) is 0 Å². The molecule has 2 rings (SSSR count). The Bertz CT molecular complexity index is 330. The second-order valence-corrected chi connectivity index (χ2v) is 3.21. The molecule has 0 aliphatic carbocycles. The molecule has 14 heavy (non-hydrogen) atoms. The van der Waals surface area contributed by atoms with Crippen molar-refractivity contribution in [2.24, 2.45) is 0 Å². The number of nitro groups is 1. The van der Waals surface area contributed by atoms with Crippen LogP contribution in [0.3, 0.4) is 0 Å². The van der Waals surface area contributed by atoms with Crippen LogP contribution in [-0.2, 0) is 4.74 Å². The van der Waals surface area contributed by atoms with E-state index in [1.807, 2.05) is 0 Å². The van der Waals surface area contributed by atoms with Gasteiger partial charge in [0, 0.05) is 6.42 Å². The third kappa shape index (κ3) is 1.60. The third-order valence-corrected chi connectivity index (χ3v) is 2.28. The standard InChI is InChI=1S/C8H11N3O3/c12-11(13)8-9-4-5-10(8)7-3-1-2-6-14-7/h4-5,7H,1-3,6H2. The van der Waals surface area contributed by atoms with Gasteiger partial charge in [0.1, 0.15) is 12.4 Å². The number of nitrogens with zero attached hydrogens (tertiary/aromatic N) is 3. The van der Waals surface area contributed by atoms with E-state index >= 15 is 0 Å². The predicted octanol–water partition coefficient (Wildman–Crippen LogP) is 1.49. The fourth-order valence-electron chi connectivity index (χ4n) is 1.61. The summed E-state index contributed by atoms with van der Waals surface area (Å²) in [6, 6.07) is 0. The second-order valence-electron chi connectivity index (χ2n) is 3.21. The van der Waals surface area contributed by atoms with E-state index in [4.69, 9.17) is 4.74 Å². The first kappa shape index (κ1) is 9.14. The third-order valence-electron chi connectivity index (χ3n) is 2.28. The SMILES string of the molecule is O=[N+]([O-])c1nccn1C1CCCCO1. The summed E-state index contributed by atoms with van der Waals surface area (Å²) in [5, 5.41) is 10.6. The Hall–Kier alpha value is -1.43. The van der Waals surface area contributed by atoms with Crippen molar-refractivity contribution in [2.45, 2.75) is 25.5 Å². The van der Waals surface area contributed by atoms with Gasteiger partial charge in [0.05, 0.1) is 6.61 Å². The molecule has 1 aromatic rings. The van der Waals surface area contributed by atoms with Crippen LogP contribution in [-0.4, -0.2) is 21.1 Å². The highest BCUT2D eigenvalue weighted by atomic mass is 16.6. The largest absolute Gasteiger partial charge is 0.436 e. The van der Waals surface area contributed by atoms with Crippen molar-refractivity contribution >= 4 is 5.95 Å².